The second kappa shape index (κ2) is 11.0. The highest BCUT2D eigenvalue weighted by Gasteiger charge is 1.89. The highest BCUT2D eigenvalue weighted by atomic mass is 16.5. The summed E-state index contributed by atoms with van der Waals surface area (Å²) in [6, 6.07) is 0. The third-order valence-corrected chi connectivity index (χ3v) is 1.99. The van der Waals surface area contributed by atoms with E-state index < -0.39 is 0 Å². The molecular formula is C13H22O2. The van der Waals surface area contributed by atoms with Crippen LogP contribution in [0.2, 0.25) is 0 Å². The van der Waals surface area contributed by atoms with Crippen molar-refractivity contribution in [3.63, 3.8) is 0 Å². The van der Waals surface area contributed by atoms with Crippen LogP contribution in [0.15, 0.2) is 24.3 Å². The minimum absolute atomic E-state index is 0.270. The third kappa shape index (κ3) is 10.9. The molecule has 0 aliphatic rings. The van der Waals surface area contributed by atoms with Crippen molar-refractivity contribution in [1.29, 1.82) is 0 Å². The van der Waals surface area contributed by atoms with Crippen molar-refractivity contribution in [2.75, 3.05) is 6.61 Å². The van der Waals surface area contributed by atoms with Gasteiger partial charge in [-0.1, -0.05) is 44.4 Å². The van der Waals surface area contributed by atoms with Crippen LogP contribution in [-0.4, -0.2) is 12.6 Å². The van der Waals surface area contributed by atoms with Gasteiger partial charge in [-0.3, -0.25) is 0 Å². The van der Waals surface area contributed by atoms with Gasteiger partial charge in [0.1, 0.15) is 0 Å². The van der Waals surface area contributed by atoms with E-state index in [9.17, 15) is 4.79 Å². The van der Waals surface area contributed by atoms with E-state index in [1.165, 1.54) is 31.8 Å². The van der Waals surface area contributed by atoms with Gasteiger partial charge >= 0.3 is 5.97 Å². The van der Waals surface area contributed by atoms with Crippen LogP contribution in [0, 0.1) is 0 Å². The zero-order valence-corrected chi connectivity index (χ0v) is 9.87. The Morgan fingerprint density at radius 3 is 2.60 bits per heavy atom. The van der Waals surface area contributed by atoms with Crippen LogP contribution in [0.25, 0.3) is 0 Å². The summed E-state index contributed by atoms with van der Waals surface area (Å²) in [7, 11) is 0. The molecule has 86 valence electrons. The van der Waals surface area contributed by atoms with Crippen molar-refractivity contribution in [3.05, 3.63) is 24.3 Å². The fourth-order valence-corrected chi connectivity index (χ4v) is 1.19. The molecule has 0 radical (unpaired) electrons. The lowest BCUT2D eigenvalue weighted by Gasteiger charge is -1.93. The molecule has 0 aromatic heterocycles. The molecule has 0 amide bonds. The van der Waals surface area contributed by atoms with Gasteiger partial charge in [0.2, 0.25) is 0 Å². The molecule has 2 heteroatoms. The summed E-state index contributed by atoms with van der Waals surface area (Å²) in [5, 5.41) is 0. The Hall–Kier alpha value is -1.05. The Bertz CT molecular complexity index is 205. The molecule has 0 bridgehead atoms. The summed E-state index contributed by atoms with van der Waals surface area (Å²) in [4.78, 5) is 10.9. The fraction of sp³-hybridized carbons (Fsp3) is 0.615. The van der Waals surface area contributed by atoms with E-state index >= 15 is 0 Å². The lowest BCUT2D eigenvalue weighted by atomic mass is 10.1. The van der Waals surface area contributed by atoms with Crippen molar-refractivity contribution in [2.45, 2.75) is 46.0 Å². The zero-order valence-electron chi connectivity index (χ0n) is 9.87. The molecule has 15 heavy (non-hydrogen) atoms. The maximum atomic E-state index is 10.9. The molecule has 0 aromatic rings. The maximum absolute atomic E-state index is 10.9. The third-order valence-electron chi connectivity index (χ3n) is 1.99. The van der Waals surface area contributed by atoms with Gasteiger partial charge in [-0.25, -0.2) is 4.79 Å². The molecule has 0 N–H and O–H groups in total. The lowest BCUT2D eigenvalue weighted by Crippen LogP contribution is -1.98. The van der Waals surface area contributed by atoms with E-state index in [4.69, 9.17) is 4.74 Å². The average molecular weight is 210 g/mol. The first-order valence-electron chi connectivity index (χ1n) is 5.81. The highest BCUT2D eigenvalue weighted by Crippen LogP contribution is 2.02. The van der Waals surface area contributed by atoms with E-state index in [1.807, 2.05) is 6.08 Å². The molecule has 0 spiro atoms. The Morgan fingerprint density at radius 2 is 1.93 bits per heavy atom. The Kier molecular flexibility index (Phi) is 10.3. The smallest absolute Gasteiger partial charge is 0.330 e. The van der Waals surface area contributed by atoms with Crippen molar-refractivity contribution in [3.8, 4) is 0 Å². The molecule has 0 saturated heterocycles. The van der Waals surface area contributed by atoms with Crippen molar-refractivity contribution < 1.29 is 9.53 Å². The SMILES string of the molecule is CCCCCC/C=C/C=C/C(=O)OCC. The number of hydrogen-bond acceptors (Lipinski definition) is 2. The Labute approximate surface area is 93.0 Å². The zero-order chi connectivity index (χ0) is 11.4. The molecule has 0 rings (SSSR count). The van der Waals surface area contributed by atoms with Crippen LogP contribution >= 0.6 is 0 Å². The molecule has 0 aromatic carbocycles. The standard InChI is InChI=1S/C13H22O2/c1-3-5-6-7-8-9-10-11-12-13(14)15-4-2/h9-12H,3-8H2,1-2H3/b10-9+,12-11+. The minimum atomic E-state index is -0.270. The van der Waals surface area contributed by atoms with E-state index in [2.05, 4.69) is 13.0 Å². The van der Waals surface area contributed by atoms with Crippen LogP contribution in [-0.2, 0) is 9.53 Å². The first kappa shape index (κ1) is 13.9. The molecule has 0 saturated carbocycles. The number of ether oxygens (including phenoxy) is 1. The summed E-state index contributed by atoms with van der Waals surface area (Å²) in [6.45, 7) is 4.44. The van der Waals surface area contributed by atoms with Gasteiger partial charge in [0, 0.05) is 6.08 Å². The second-order valence-corrected chi connectivity index (χ2v) is 3.39. The van der Waals surface area contributed by atoms with E-state index in [0.29, 0.717) is 6.61 Å². The number of allylic oxidation sites excluding steroid dienone is 3. The highest BCUT2D eigenvalue weighted by molar-refractivity contribution is 5.82. The molecule has 0 aliphatic carbocycles. The Balaban J connectivity index is 3.40. The number of carbonyl (C=O) groups is 1. The predicted molar refractivity (Wildman–Crippen MR) is 63.7 cm³/mol. The van der Waals surface area contributed by atoms with Crippen LogP contribution in [0.3, 0.4) is 0 Å². The van der Waals surface area contributed by atoms with Gasteiger partial charge in [0.05, 0.1) is 6.61 Å². The van der Waals surface area contributed by atoms with Gasteiger partial charge < -0.3 is 4.74 Å². The fourth-order valence-electron chi connectivity index (χ4n) is 1.19. The van der Waals surface area contributed by atoms with Crippen molar-refractivity contribution in [1.82, 2.24) is 0 Å². The van der Waals surface area contributed by atoms with Crippen molar-refractivity contribution >= 4 is 5.97 Å². The molecule has 0 heterocycles. The minimum Gasteiger partial charge on any atom is -0.463 e. The first-order chi connectivity index (χ1) is 7.31. The quantitative estimate of drug-likeness (QED) is 0.265. The Morgan fingerprint density at radius 1 is 1.13 bits per heavy atom. The summed E-state index contributed by atoms with van der Waals surface area (Å²) in [5.41, 5.74) is 0. The number of unbranched alkanes of at least 4 members (excludes halogenated alkanes) is 4. The summed E-state index contributed by atoms with van der Waals surface area (Å²) < 4.78 is 4.74. The molecule has 2 nitrogen and oxygen atoms in total. The predicted octanol–water partition coefficient (Wildman–Crippen LogP) is 3.63. The molecule has 0 aliphatic heterocycles. The van der Waals surface area contributed by atoms with E-state index in [0.717, 1.165) is 6.42 Å². The van der Waals surface area contributed by atoms with Crippen molar-refractivity contribution in [2.24, 2.45) is 0 Å². The largest absolute Gasteiger partial charge is 0.463 e. The number of esters is 1. The van der Waals surface area contributed by atoms with Gasteiger partial charge in [-0.05, 0) is 19.8 Å². The van der Waals surface area contributed by atoms with E-state index in [-0.39, 0.29) is 5.97 Å². The second-order valence-electron chi connectivity index (χ2n) is 3.39. The lowest BCUT2D eigenvalue weighted by molar-refractivity contribution is -0.137. The molecule has 0 atom stereocenters. The van der Waals surface area contributed by atoms with Gasteiger partial charge in [-0.2, -0.15) is 0 Å². The maximum Gasteiger partial charge on any atom is 0.330 e. The van der Waals surface area contributed by atoms with E-state index in [1.54, 1.807) is 13.0 Å². The molecular weight excluding hydrogens is 188 g/mol. The van der Waals surface area contributed by atoms with Crippen LogP contribution < -0.4 is 0 Å². The molecule has 0 fully saturated rings. The average Bonchev–Trinajstić information content (AvgIpc) is 2.22. The summed E-state index contributed by atoms with van der Waals surface area (Å²) in [5.74, 6) is -0.270. The normalized spacial score (nSPS) is 11.3. The number of hydrogen-bond donors (Lipinski definition) is 0. The number of rotatable bonds is 8. The number of carbonyl (C=O) groups excluding carboxylic acids is 1. The van der Waals surface area contributed by atoms with Crippen LogP contribution in [0.4, 0.5) is 0 Å². The summed E-state index contributed by atoms with van der Waals surface area (Å²) in [6.07, 6.45) is 13.4. The van der Waals surface area contributed by atoms with Gasteiger partial charge in [0.25, 0.3) is 0 Å². The summed E-state index contributed by atoms with van der Waals surface area (Å²) >= 11 is 0. The van der Waals surface area contributed by atoms with Crippen LogP contribution in [0.5, 0.6) is 0 Å². The topological polar surface area (TPSA) is 26.3 Å². The monoisotopic (exact) mass is 210 g/mol. The molecule has 0 unspecified atom stereocenters. The first-order valence-corrected chi connectivity index (χ1v) is 5.81. The van der Waals surface area contributed by atoms with Crippen LogP contribution in [0.1, 0.15) is 46.0 Å². The van der Waals surface area contributed by atoms with Gasteiger partial charge in [0.15, 0.2) is 0 Å². The van der Waals surface area contributed by atoms with Gasteiger partial charge in [-0.15, -0.1) is 0 Å².